The van der Waals surface area contributed by atoms with Gasteiger partial charge in [0.05, 0.1) is 6.04 Å². The molecular weight excluding hydrogens is 214 g/mol. The molecule has 0 aliphatic carbocycles. The maximum absolute atomic E-state index is 12.1. The molecule has 0 spiro atoms. The molecule has 0 aromatic rings. The van der Waals surface area contributed by atoms with Gasteiger partial charge >= 0.3 is 0 Å². The maximum Gasteiger partial charge on any atom is 0.239 e. The van der Waals surface area contributed by atoms with E-state index in [-0.39, 0.29) is 17.9 Å². The first-order chi connectivity index (χ1) is 7.91. The predicted molar refractivity (Wildman–Crippen MR) is 70.7 cm³/mol. The molecular formula is C13H27N3O. The average molecular weight is 241 g/mol. The van der Waals surface area contributed by atoms with Crippen molar-refractivity contribution >= 4 is 5.91 Å². The molecule has 0 aromatic carbocycles. The summed E-state index contributed by atoms with van der Waals surface area (Å²) in [5, 5.41) is 0. The molecule has 1 aliphatic heterocycles. The first-order valence-electron chi connectivity index (χ1n) is 6.68. The van der Waals surface area contributed by atoms with Gasteiger partial charge in [0, 0.05) is 32.7 Å². The van der Waals surface area contributed by atoms with Crippen LogP contribution in [0.1, 0.15) is 27.7 Å². The van der Waals surface area contributed by atoms with Crippen molar-refractivity contribution in [1.82, 2.24) is 9.80 Å². The summed E-state index contributed by atoms with van der Waals surface area (Å²) in [7, 11) is 0. The van der Waals surface area contributed by atoms with E-state index < -0.39 is 0 Å². The van der Waals surface area contributed by atoms with Gasteiger partial charge in [-0.3, -0.25) is 9.69 Å². The molecule has 17 heavy (non-hydrogen) atoms. The molecule has 4 heteroatoms. The number of nitrogens with two attached hydrogens (primary N) is 1. The van der Waals surface area contributed by atoms with Crippen LogP contribution in [-0.2, 0) is 4.79 Å². The first kappa shape index (κ1) is 14.5. The largest absolute Gasteiger partial charge is 0.339 e. The second kappa shape index (κ2) is 6.36. The van der Waals surface area contributed by atoms with Gasteiger partial charge in [0.25, 0.3) is 0 Å². The van der Waals surface area contributed by atoms with Crippen LogP contribution >= 0.6 is 0 Å². The van der Waals surface area contributed by atoms with Crippen molar-refractivity contribution in [3.8, 4) is 0 Å². The topological polar surface area (TPSA) is 49.6 Å². The Balaban J connectivity index is 2.39. The fraction of sp³-hybridized carbons (Fsp3) is 0.923. The zero-order chi connectivity index (χ0) is 13.0. The Kier molecular flexibility index (Phi) is 5.40. The van der Waals surface area contributed by atoms with Gasteiger partial charge in [-0.05, 0) is 11.8 Å². The minimum absolute atomic E-state index is 0.115. The maximum atomic E-state index is 12.1. The summed E-state index contributed by atoms with van der Waals surface area (Å²) in [5.74, 6) is 1.02. The highest BCUT2D eigenvalue weighted by Crippen LogP contribution is 2.09. The minimum Gasteiger partial charge on any atom is -0.339 e. The van der Waals surface area contributed by atoms with Crippen LogP contribution in [0.3, 0.4) is 0 Å². The van der Waals surface area contributed by atoms with Gasteiger partial charge in [0.15, 0.2) is 0 Å². The lowest BCUT2D eigenvalue weighted by Gasteiger charge is -2.37. The zero-order valence-electron chi connectivity index (χ0n) is 11.6. The Labute approximate surface area is 105 Å². The van der Waals surface area contributed by atoms with Gasteiger partial charge in [-0.15, -0.1) is 0 Å². The number of piperazine rings is 1. The monoisotopic (exact) mass is 241 g/mol. The van der Waals surface area contributed by atoms with Crippen molar-refractivity contribution in [3.05, 3.63) is 0 Å². The lowest BCUT2D eigenvalue weighted by Crippen LogP contribution is -2.54. The second-order valence-electron chi connectivity index (χ2n) is 5.79. The van der Waals surface area contributed by atoms with Crippen LogP contribution in [0.25, 0.3) is 0 Å². The summed E-state index contributed by atoms with van der Waals surface area (Å²) in [6, 6.07) is -0.341. The molecule has 2 N–H and O–H groups in total. The SMILES string of the molecule is CC(C)CN1CCN(C(=O)[C@@H](N)C(C)C)CC1. The molecule has 1 atom stereocenters. The van der Waals surface area contributed by atoms with Crippen molar-refractivity contribution in [3.63, 3.8) is 0 Å². The Hall–Kier alpha value is -0.610. The van der Waals surface area contributed by atoms with E-state index in [1.165, 1.54) is 0 Å². The van der Waals surface area contributed by atoms with Crippen molar-refractivity contribution in [1.29, 1.82) is 0 Å². The lowest BCUT2D eigenvalue weighted by molar-refractivity contribution is -0.135. The van der Waals surface area contributed by atoms with Crippen LogP contribution in [0.5, 0.6) is 0 Å². The van der Waals surface area contributed by atoms with Crippen LogP contribution in [0.2, 0.25) is 0 Å². The summed E-state index contributed by atoms with van der Waals surface area (Å²) < 4.78 is 0. The van der Waals surface area contributed by atoms with E-state index in [1.807, 2.05) is 18.7 Å². The Morgan fingerprint density at radius 3 is 2.06 bits per heavy atom. The summed E-state index contributed by atoms with van der Waals surface area (Å²) >= 11 is 0. The van der Waals surface area contributed by atoms with Gasteiger partial charge in [-0.2, -0.15) is 0 Å². The Morgan fingerprint density at radius 1 is 1.12 bits per heavy atom. The molecule has 4 nitrogen and oxygen atoms in total. The van der Waals surface area contributed by atoms with Crippen molar-refractivity contribution < 1.29 is 4.79 Å². The number of nitrogens with zero attached hydrogens (tertiary/aromatic N) is 2. The molecule has 1 saturated heterocycles. The molecule has 1 aliphatic rings. The van der Waals surface area contributed by atoms with Gasteiger partial charge in [0.1, 0.15) is 0 Å². The highest BCUT2D eigenvalue weighted by atomic mass is 16.2. The first-order valence-corrected chi connectivity index (χ1v) is 6.68. The molecule has 1 heterocycles. The Morgan fingerprint density at radius 2 is 1.65 bits per heavy atom. The number of hydrogen-bond donors (Lipinski definition) is 1. The van der Waals surface area contributed by atoms with Crippen LogP contribution in [0.15, 0.2) is 0 Å². The number of carbonyl (C=O) groups is 1. The van der Waals surface area contributed by atoms with Crippen molar-refractivity contribution in [2.45, 2.75) is 33.7 Å². The van der Waals surface area contributed by atoms with Crippen LogP contribution in [-0.4, -0.2) is 54.5 Å². The molecule has 0 saturated carbocycles. The smallest absolute Gasteiger partial charge is 0.239 e. The normalized spacial score (nSPS) is 20.1. The van der Waals surface area contributed by atoms with Crippen LogP contribution < -0.4 is 5.73 Å². The quantitative estimate of drug-likeness (QED) is 0.791. The highest BCUT2D eigenvalue weighted by Gasteiger charge is 2.26. The second-order valence-corrected chi connectivity index (χ2v) is 5.79. The van der Waals surface area contributed by atoms with E-state index in [4.69, 9.17) is 5.73 Å². The van der Waals surface area contributed by atoms with Gasteiger partial charge < -0.3 is 10.6 Å². The van der Waals surface area contributed by atoms with E-state index in [1.54, 1.807) is 0 Å². The number of carbonyl (C=O) groups excluding carboxylic acids is 1. The molecule has 100 valence electrons. The summed E-state index contributed by atoms with van der Waals surface area (Å²) in [5.41, 5.74) is 5.90. The summed E-state index contributed by atoms with van der Waals surface area (Å²) in [6.45, 7) is 13.2. The fourth-order valence-electron chi connectivity index (χ4n) is 2.16. The number of rotatable bonds is 4. The third-order valence-electron chi connectivity index (χ3n) is 3.31. The van der Waals surface area contributed by atoms with Crippen molar-refractivity contribution in [2.24, 2.45) is 17.6 Å². The van der Waals surface area contributed by atoms with E-state index >= 15 is 0 Å². The molecule has 0 radical (unpaired) electrons. The molecule has 1 fully saturated rings. The third kappa shape index (κ3) is 4.28. The number of hydrogen-bond acceptors (Lipinski definition) is 3. The van der Waals surface area contributed by atoms with E-state index in [0.29, 0.717) is 5.92 Å². The van der Waals surface area contributed by atoms with E-state index in [9.17, 15) is 4.79 Å². The van der Waals surface area contributed by atoms with Gasteiger partial charge in [-0.1, -0.05) is 27.7 Å². The minimum atomic E-state index is -0.341. The van der Waals surface area contributed by atoms with Gasteiger partial charge in [-0.25, -0.2) is 0 Å². The molecule has 0 bridgehead atoms. The number of amides is 1. The molecule has 1 amide bonds. The van der Waals surface area contributed by atoms with Crippen molar-refractivity contribution in [2.75, 3.05) is 32.7 Å². The molecule has 0 aromatic heterocycles. The average Bonchev–Trinajstić information content (AvgIpc) is 2.27. The van der Waals surface area contributed by atoms with Crippen LogP contribution in [0.4, 0.5) is 0 Å². The lowest BCUT2D eigenvalue weighted by atomic mass is 10.0. The molecule has 0 unspecified atom stereocenters. The summed E-state index contributed by atoms with van der Waals surface area (Å²) in [4.78, 5) is 16.4. The third-order valence-corrected chi connectivity index (χ3v) is 3.31. The zero-order valence-corrected chi connectivity index (χ0v) is 11.6. The predicted octanol–water partition coefficient (Wildman–Crippen LogP) is 0.770. The van der Waals surface area contributed by atoms with Gasteiger partial charge in [0.2, 0.25) is 5.91 Å². The molecule has 1 rings (SSSR count). The highest BCUT2D eigenvalue weighted by molar-refractivity contribution is 5.82. The summed E-state index contributed by atoms with van der Waals surface area (Å²) in [6.07, 6.45) is 0. The van der Waals surface area contributed by atoms with E-state index in [2.05, 4.69) is 18.7 Å². The fourth-order valence-corrected chi connectivity index (χ4v) is 2.16. The standard InChI is InChI=1S/C13H27N3O/c1-10(2)9-15-5-7-16(8-6-15)13(17)12(14)11(3)4/h10-12H,5-9,14H2,1-4H3/t12-/m0/s1. The Bertz CT molecular complexity index is 245. The van der Waals surface area contributed by atoms with Crippen LogP contribution in [0, 0.1) is 11.8 Å². The van der Waals surface area contributed by atoms with E-state index in [0.717, 1.165) is 32.7 Å².